The predicted octanol–water partition coefficient (Wildman–Crippen LogP) is 1.60. The molecule has 0 fully saturated rings. The molecular weight excluding hydrogens is 253 g/mol. The van der Waals surface area contributed by atoms with Crippen molar-refractivity contribution in [1.82, 2.24) is 5.32 Å². The first-order valence-electron chi connectivity index (χ1n) is 4.27. The van der Waals surface area contributed by atoms with E-state index in [1.165, 1.54) is 6.07 Å². The second-order valence-corrected chi connectivity index (χ2v) is 3.74. The van der Waals surface area contributed by atoms with Crippen molar-refractivity contribution in [2.75, 3.05) is 11.9 Å². The van der Waals surface area contributed by atoms with E-state index < -0.39 is 11.9 Å². The fourth-order valence-corrected chi connectivity index (χ4v) is 1.26. The molecule has 0 saturated heterocycles. The summed E-state index contributed by atoms with van der Waals surface area (Å²) in [7, 11) is 0. The number of hydrogen-bond donors (Lipinski definition) is 3. The standard InChI is InChI=1S/C9H9Cl2N3O2/c10-5-1-2-6(11)7(3-5)14-9(16)13-4-8(12)15/h1-3H,4H2,(H2,12,15)(H2,13,14,16). The molecule has 5 nitrogen and oxygen atoms in total. The van der Waals surface area contributed by atoms with Crippen LogP contribution < -0.4 is 16.4 Å². The molecule has 16 heavy (non-hydrogen) atoms. The number of nitrogens with one attached hydrogen (secondary N) is 2. The van der Waals surface area contributed by atoms with Crippen molar-refractivity contribution in [2.24, 2.45) is 5.73 Å². The van der Waals surface area contributed by atoms with Gasteiger partial charge in [0, 0.05) is 5.02 Å². The zero-order chi connectivity index (χ0) is 12.1. The quantitative estimate of drug-likeness (QED) is 0.772. The first kappa shape index (κ1) is 12.6. The number of anilines is 1. The number of hydrogen-bond acceptors (Lipinski definition) is 2. The molecule has 1 aromatic carbocycles. The second kappa shape index (κ2) is 5.58. The van der Waals surface area contributed by atoms with Crippen LogP contribution in [0, 0.1) is 0 Å². The SMILES string of the molecule is NC(=O)CNC(=O)Nc1cc(Cl)ccc1Cl. The normalized spacial score (nSPS) is 9.62. The van der Waals surface area contributed by atoms with Gasteiger partial charge in [0.1, 0.15) is 0 Å². The minimum absolute atomic E-state index is 0.246. The van der Waals surface area contributed by atoms with Gasteiger partial charge in [0.05, 0.1) is 17.3 Å². The number of urea groups is 1. The molecule has 4 N–H and O–H groups in total. The van der Waals surface area contributed by atoms with E-state index in [-0.39, 0.29) is 6.54 Å². The van der Waals surface area contributed by atoms with Gasteiger partial charge in [-0.2, -0.15) is 0 Å². The molecule has 0 radical (unpaired) electrons. The van der Waals surface area contributed by atoms with Crippen molar-refractivity contribution in [3.8, 4) is 0 Å². The summed E-state index contributed by atoms with van der Waals surface area (Å²) in [5, 5.41) is 5.47. The first-order valence-corrected chi connectivity index (χ1v) is 5.03. The van der Waals surface area contributed by atoms with Crippen LogP contribution in [0.3, 0.4) is 0 Å². The van der Waals surface area contributed by atoms with Crippen molar-refractivity contribution in [3.05, 3.63) is 28.2 Å². The predicted molar refractivity (Wildman–Crippen MR) is 62.7 cm³/mol. The third-order valence-electron chi connectivity index (χ3n) is 1.60. The average molecular weight is 262 g/mol. The average Bonchev–Trinajstić information content (AvgIpc) is 2.20. The van der Waals surface area contributed by atoms with Crippen LogP contribution in [0.1, 0.15) is 0 Å². The molecule has 0 aromatic heterocycles. The van der Waals surface area contributed by atoms with Crippen LogP contribution in [0.25, 0.3) is 0 Å². The molecule has 7 heteroatoms. The van der Waals surface area contributed by atoms with E-state index >= 15 is 0 Å². The van der Waals surface area contributed by atoms with Crippen LogP contribution in [-0.4, -0.2) is 18.5 Å². The van der Waals surface area contributed by atoms with Gasteiger partial charge in [-0.25, -0.2) is 4.79 Å². The first-order chi connectivity index (χ1) is 7.49. The van der Waals surface area contributed by atoms with E-state index in [0.29, 0.717) is 15.7 Å². The minimum Gasteiger partial charge on any atom is -0.368 e. The Bertz CT molecular complexity index is 423. The van der Waals surface area contributed by atoms with Gasteiger partial charge in [-0.3, -0.25) is 4.79 Å². The largest absolute Gasteiger partial charge is 0.368 e. The van der Waals surface area contributed by atoms with Crippen LogP contribution in [0.4, 0.5) is 10.5 Å². The minimum atomic E-state index is -0.632. The summed E-state index contributed by atoms with van der Waals surface area (Å²) < 4.78 is 0. The van der Waals surface area contributed by atoms with E-state index in [1.54, 1.807) is 12.1 Å². The Morgan fingerprint density at radius 3 is 2.62 bits per heavy atom. The molecule has 0 spiro atoms. The van der Waals surface area contributed by atoms with Crippen LogP contribution >= 0.6 is 23.2 Å². The molecule has 3 amide bonds. The fourth-order valence-electron chi connectivity index (χ4n) is 0.927. The van der Waals surface area contributed by atoms with Crippen molar-refractivity contribution in [3.63, 3.8) is 0 Å². The van der Waals surface area contributed by atoms with E-state index in [4.69, 9.17) is 28.9 Å². The molecule has 0 heterocycles. The number of amides is 3. The molecule has 1 aromatic rings. The number of benzene rings is 1. The van der Waals surface area contributed by atoms with Crippen molar-refractivity contribution in [1.29, 1.82) is 0 Å². The molecular formula is C9H9Cl2N3O2. The Kier molecular flexibility index (Phi) is 4.39. The summed E-state index contributed by atoms with van der Waals surface area (Å²) in [5.74, 6) is -0.632. The Labute approximate surface area is 102 Å². The Morgan fingerprint density at radius 1 is 1.31 bits per heavy atom. The summed E-state index contributed by atoms with van der Waals surface area (Å²) in [6, 6.07) is 4.06. The van der Waals surface area contributed by atoms with Gasteiger partial charge in [0.2, 0.25) is 5.91 Å². The lowest BCUT2D eigenvalue weighted by Crippen LogP contribution is -2.36. The van der Waals surface area contributed by atoms with Crippen molar-refractivity contribution < 1.29 is 9.59 Å². The van der Waals surface area contributed by atoms with Crippen LogP contribution in [0.15, 0.2) is 18.2 Å². The Hall–Kier alpha value is -1.46. The van der Waals surface area contributed by atoms with Gasteiger partial charge in [-0.15, -0.1) is 0 Å². The highest BCUT2D eigenvalue weighted by atomic mass is 35.5. The van der Waals surface area contributed by atoms with Gasteiger partial charge < -0.3 is 16.4 Å². The molecule has 0 bridgehead atoms. The summed E-state index contributed by atoms with van der Waals surface area (Å²) in [4.78, 5) is 21.7. The van der Waals surface area contributed by atoms with E-state index in [1.807, 2.05) is 0 Å². The number of primary amides is 1. The number of carbonyl (C=O) groups excluding carboxylic acids is 2. The summed E-state index contributed by atoms with van der Waals surface area (Å²) >= 11 is 11.5. The second-order valence-electron chi connectivity index (χ2n) is 2.90. The highest BCUT2D eigenvalue weighted by molar-refractivity contribution is 6.35. The topological polar surface area (TPSA) is 84.2 Å². The number of halogens is 2. The monoisotopic (exact) mass is 261 g/mol. The van der Waals surface area contributed by atoms with Gasteiger partial charge >= 0.3 is 6.03 Å². The summed E-state index contributed by atoms with van der Waals surface area (Å²) in [5.41, 5.74) is 5.22. The molecule has 0 aliphatic heterocycles. The highest BCUT2D eigenvalue weighted by Crippen LogP contribution is 2.25. The maximum absolute atomic E-state index is 11.2. The smallest absolute Gasteiger partial charge is 0.319 e. The highest BCUT2D eigenvalue weighted by Gasteiger charge is 2.06. The third kappa shape index (κ3) is 3.96. The van der Waals surface area contributed by atoms with Gasteiger partial charge in [0.25, 0.3) is 0 Å². The van der Waals surface area contributed by atoms with Gasteiger partial charge in [-0.1, -0.05) is 23.2 Å². The van der Waals surface area contributed by atoms with E-state index in [0.717, 1.165) is 0 Å². The number of nitrogens with two attached hydrogens (primary N) is 1. The lowest BCUT2D eigenvalue weighted by molar-refractivity contribution is -0.117. The molecule has 0 atom stereocenters. The third-order valence-corrected chi connectivity index (χ3v) is 2.16. The molecule has 0 aliphatic rings. The lowest BCUT2D eigenvalue weighted by Gasteiger charge is -2.08. The fraction of sp³-hybridized carbons (Fsp3) is 0.111. The summed E-state index contributed by atoms with van der Waals surface area (Å²) in [6.07, 6.45) is 0. The Morgan fingerprint density at radius 2 is 2.00 bits per heavy atom. The number of rotatable bonds is 3. The molecule has 0 saturated carbocycles. The van der Waals surface area contributed by atoms with Crippen molar-refractivity contribution >= 4 is 40.8 Å². The maximum atomic E-state index is 11.2. The zero-order valence-corrected chi connectivity index (χ0v) is 9.60. The zero-order valence-electron chi connectivity index (χ0n) is 8.09. The number of carbonyl (C=O) groups is 2. The summed E-state index contributed by atoms with van der Waals surface area (Å²) in [6.45, 7) is -0.246. The van der Waals surface area contributed by atoms with Gasteiger partial charge in [0.15, 0.2) is 0 Å². The molecule has 0 aliphatic carbocycles. The maximum Gasteiger partial charge on any atom is 0.319 e. The van der Waals surface area contributed by atoms with Crippen molar-refractivity contribution in [2.45, 2.75) is 0 Å². The molecule has 86 valence electrons. The van der Waals surface area contributed by atoms with E-state index in [9.17, 15) is 9.59 Å². The molecule has 0 unspecified atom stereocenters. The van der Waals surface area contributed by atoms with Crippen LogP contribution in [0.5, 0.6) is 0 Å². The lowest BCUT2D eigenvalue weighted by atomic mass is 10.3. The molecule has 1 rings (SSSR count). The Balaban J connectivity index is 2.62. The van der Waals surface area contributed by atoms with Crippen LogP contribution in [-0.2, 0) is 4.79 Å². The van der Waals surface area contributed by atoms with Gasteiger partial charge in [-0.05, 0) is 18.2 Å². The van der Waals surface area contributed by atoms with Crippen LogP contribution in [0.2, 0.25) is 10.0 Å². The van der Waals surface area contributed by atoms with E-state index in [2.05, 4.69) is 10.6 Å².